The predicted octanol–water partition coefficient (Wildman–Crippen LogP) is 2.57. The molecule has 0 spiro atoms. The van der Waals surface area contributed by atoms with Crippen LogP contribution >= 0.6 is 0 Å². The Balaban J connectivity index is 1.58. The third kappa shape index (κ3) is 4.10. The first-order valence-corrected chi connectivity index (χ1v) is 10.6. The Kier molecular flexibility index (Phi) is 5.98. The summed E-state index contributed by atoms with van der Waals surface area (Å²) in [5, 5.41) is 8.22. The Bertz CT molecular complexity index is 1210. The van der Waals surface area contributed by atoms with Gasteiger partial charge in [-0.3, -0.25) is 19.1 Å². The van der Waals surface area contributed by atoms with Gasteiger partial charge in [-0.05, 0) is 43.9 Å². The van der Waals surface area contributed by atoms with E-state index in [0.29, 0.717) is 11.3 Å². The number of rotatable bonds is 6. The number of hydrogen-bond donors (Lipinski definition) is 1. The number of benzene rings is 1. The van der Waals surface area contributed by atoms with Gasteiger partial charge in [0.1, 0.15) is 11.4 Å². The number of carbonyl (C=O) groups excluding carboxylic acids is 2. The molecule has 0 aliphatic heterocycles. The maximum absolute atomic E-state index is 12.9. The first-order valence-electron chi connectivity index (χ1n) is 10.6. The van der Waals surface area contributed by atoms with Gasteiger partial charge in [0.2, 0.25) is 6.41 Å². The Hall–Kier alpha value is -3.62. The molecular formula is C23H27N5O4. The van der Waals surface area contributed by atoms with Crippen LogP contribution < -0.4 is 15.6 Å². The second kappa shape index (κ2) is 8.86. The summed E-state index contributed by atoms with van der Waals surface area (Å²) in [5.74, 6) is -0.0264. The van der Waals surface area contributed by atoms with Crippen LogP contribution in [0, 0.1) is 0 Å². The lowest BCUT2D eigenvalue weighted by atomic mass is 9.91. The summed E-state index contributed by atoms with van der Waals surface area (Å²) >= 11 is 0. The fourth-order valence-electron chi connectivity index (χ4n) is 4.30. The number of nitrogens with zero attached hydrogens (tertiary/aromatic N) is 4. The molecule has 1 aliphatic carbocycles. The zero-order valence-corrected chi connectivity index (χ0v) is 18.4. The molecule has 3 aromatic rings. The molecule has 2 heterocycles. The van der Waals surface area contributed by atoms with Crippen molar-refractivity contribution in [2.24, 2.45) is 7.05 Å². The van der Waals surface area contributed by atoms with Crippen LogP contribution in [-0.4, -0.2) is 51.8 Å². The van der Waals surface area contributed by atoms with Crippen LogP contribution in [0.3, 0.4) is 0 Å². The molecule has 0 unspecified atom stereocenters. The number of pyridine rings is 1. The summed E-state index contributed by atoms with van der Waals surface area (Å²) in [6.07, 6.45) is 8.18. The molecule has 9 heteroatoms. The Morgan fingerprint density at radius 1 is 1.28 bits per heavy atom. The van der Waals surface area contributed by atoms with Gasteiger partial charge >= 0.3 is 0 Å². The SMILES string of the molecule is COc1cc2nn(C3CCC(N(C)C=O)CC3)cc2cc1C(=O)Nc1cccn(C)c1=O. The number of aromatic nitrogens is 3. The third-order valence-corrected chi connectivity index (χ3v) is 6.24. The minimum atomic E-state index is -0.419. The smallest absolute Gasteiger partial charge is 0.274 e. The van der Waals surface area contributed by atoms with Crippen molar-refractivity contribution in [1.29, 1.82) is 0 Å². The number of nitrogens with one attached hydrogen (secondary N) is 1. The molecule has 1 saturated carbocycles. The van der Waals surface area contributed by atoms with Crippen LogP contribution in [-0.2, 0) is 11.8 Å². The van der Waals surface area contributed by atoms with Gasteiger partial charge in [0, 0.05) is 44.0 Å². The minimum Gasteiger partial charge on any atom is -0.496 e. The molecule has 1 N–H and O–H groups in total. The standard InChI is InChI=1S/C23H27N5O4/c1-26-10-4-5-19(23(26)31)24-22(30)18-11-15-13-28(25-20(15)12-21(18)32-3)17-8-6-16(7-9-17)27(2)14-29/h4-5,10-14,16-17H,6-9H2,1-3H3,(H,24,30). The largest absolute Gasteiger partial charge is 0.496 e. The number of ether oxygens (including phenoxy) is 1. The van der Waals surface area contributed by atoms with E-state index in [0.717, 1.165) is 43.0 Å². The molecule has 1 aliphatic rings. The first kappa shape index (κ1) is 21.6. The number of amides is 2. The molecule has 2 aromatic heterocycles. The number of carbonyl (C=O) groups is 2. The van der Waals surface area contributed by atoms with E-state index in [4.69, 9.17) is 9.84 Å². The van der Waals surface area contributed by atoms with Gasteiger partial charge in [-0.15, -0.1) is 0 Å². The van der Waals surface area contributed by atoms with Crippen LogP contribution in [0.4, 0.5) is 5.69 Å². The first-order chi connectivity index (χ1) is 15.4. The van der Waals surface area contributed by atoms with E-state index in [9.17, 15) is 14.4 Å². The van der Waals surface area contributed by atoms with Crippen molar-refractivity contribution in [2.75, 3.05) is 19.5 Å². The van der Waals surface area contributed by atoms with Crippen LogP contribution in [0.2, 0.25) is 0 Å². The second-order valence-electron chi connectivity index (χ2n) is 8.25. The fourth-order valence-corrected chi connectivity index (χ4v) is 4.30. The molecule has 0 saturated heterocycles. The third-order valence-electron chi connectivity index (χ3n) is 6.24. The maximum Gasteiger partial charge on any atom is 0.274 e. The zero-order chi connectivity index (χ0) is 22.8. The number of methoxy groups -OCH3 is 1. The summed E-state index contributed by atoms with van der Waals surface area (Å²) in [7, 11) is 4.95. The highest BCUT2D eigenvalue weighted by atomic mass is 16.5. The molecule has 32 heavy (non-hydrogen) atoms. The lowest BCUT2D eigenvalue weighted by molar-refractivity contribution is -0.119. The van der Waals surface area contributed by atoms with Crippen LogP contribution in [0.1, 0.15) is 42.1 Å². The Labute approximate surface area is 185 Å². The molecule has 4 rings (SSSR count). The minimum absolute atomic E-state index is 0.204. The molecule has 168 valence electrons. The lowest BCUT2D eigenvalue weighted by Crippen LogP contribution is -2.34. The van der Waals surface area contributed by atoms with Crippen LogP contribution in [0.25, 0.3) is 10.9 Å². The topological polar surface area (TPSA) is 98.5 Å². The molecule has 0 bridgehead atoms. The summed E-state index contributed by atoms with van der Waals surface area (Å²) in [6, 6.07) is 7.27. The summed E-state index contributed by atoms with van der Waals surface area (Å²) in [4.78, 5) is 37.9. The summed E-state index contributed by atoms with van der Waals surface area (Å²) in [5.41, 5.74) is 0.988. The second-order valence-corrected chi connectivity index (χ2v) is 8.25. The van der Waals surface area contributed by atoms with E-state index < -0.39 is 5.91 Å². The van der Waals surface area contributed by atoms with Crippen molar-refractivity contribution in [1.82, 2.24) is 19.2 Å². The van der Waals surface area contributed by atoms with Crippen molar-refractivity contribution in [3.05, 3.63) is 52.6 Å². The summed E-state index contributed by atoms with van der Waals surface area (Å²) in [6.45, 7) is 0. The molecule has 9 nitrogen and oxygen atoms in total. The van der Waals surface area contributed by atoms with Crippen LogP contribution in [0.15, 0.2) is 41.5 Å². The highest BCUT2D eigenvalue weighted by molar-refractivity contribution is 6.08. The van der Waals surface area contributed by atoms with E-state index >= 15 is 0 Å². The molecule has 0 atom stereocenters. The monoisotopic (exact) mass is 437 g/mol. The van der Waals surface area contributed by atoms with Gasteiger partial charge < -0.3 is 19.5 Å². The normalized spacial score (nSPS) is 18.3. The number of anilines is 1. The van der Waals surface area contributed by atoms with E-state index in [-0.39, 0.29) is 23.3 Å². The average molecular weight is 438 g/mol. The van der Waals surface area contributed by atoms with Crippen molar-refractivity contribution in [3.8, 4) is 5.75 Å². The molecule has 2 amide bonds. The van der Waals surface area contributed by atoms with Gasteiger partial charge in [-0.1, -0.05) is 0 Å². The summed E-state index contributed by atoms with van der Waals surface area (Å²) < 4.78 is 8.80. The zero-order valence-electron chi connectivity index (χ0n) is 18.4. The van der Waals surface area contributed by atoms with Gasteiger partial charge in [-0.2, -0.15) is 5.10 Å². The van der Waals surface area contributed by atoms with E-state index in [1.165, 1.54) is 11.7 Å². The molecular weight excluding hydrogens is 410 g/mol. The average Bonchev–Trinajstić information content (AvgIpc) is 3.23. The maximum atomic E-state index is 12.9. The molecule has 1 fully saturated rings. The highest BCUT2D eigenvalue weighted by Crippen LogP contribution is 2.32. The van der Waals surface area contributed by atoms with Crippen molar-refractivity contribution in [3.63, 3.8) is 0 Å². The van der Waals surface area contributed by atoms with Gasteiger partial charge in [0.25, 0.3) is 11.5 Å². The van der Waals surface area contributed by atoms with Crippen molar-refractivity contribution < 1.29 is 14.3 Å². The van der Waals surface area contributed by atoms with Gasteiger partial charge in [0.05, 0.1) is 24.2 Å². The highest BCUT2D eigenvalue weighted by Gasteiger charge is 2.25. The van der Waals surface area contributed by atoms with Crippen LogP contribution in [0.5, 0.6) is 5.75 Å². The molecule has 1 aromatic carbocycles. The predicted molar refractivity (Wildman–Crippen MR) is 121 cm³/mol. The number of aryl methyl sites for hydroxylation is 1. The van der Waals surface area contributed by atoms with Gasteiger partial charge in [-0.25, -0.2) is 0 Å². The van der Waals surface area contributed by atoms with Crippen molar-refractivity contribution >= 4 is 28.9 Å². The van der Waals surface area contributed by atoms with E-state index in [1.54, 1.807) is 42.4 Å². The molecule has 0 radical (unpaired) electrons. The Morgan fingerprint density at radius 2 is 2.03 bits per heavy atom. The van der Waals surface area contributed by atoms with E-state index in [1.807, 2.05) is 17.9 Å². The number of fused-ring (bicyclic) bond motifs is 1. The number of hydrogen-bond acceptors (Lipinski definition) is 5. The van der Waals surface area contributed by atoms with E-state index in [2.05, 4.69) is 5.32 Å². The quantitative estimate of drug-likeness (QED) is 0.598. The fraction of sp³-hybridized carbons (Fsp3) is 0.391. The lowest BCUT2D eigenvalue weighted by Gasteiger charge is -2.32. The van der Waals surface area contributed by atoms with Gasteiger partial charge in [0.15, 0.2) is 0 Å². The Morgan fingerprint density at radius 3 is 2.72 bits per heavy atom. The van der Waals surface area contributed by atoms with Crippen molar-refractivity contribution in [2.45, 2.75) is 37.8 Å².